The molecule has 0 spiro atoms. The highest BCUT2D eigenvalue weighted by atomic mass is 16.5. The van der Waals surface area contributed by atoms with Gasteiger partial charge in [-0.3, -0.25) is 0 Å². The maximum absolute atomic E-state index is 6.49. The lowest BCUT2D eigenvalue weighted by molar-refractivity contribution is -0.178. The molecule has 1 atom stereocenters. The van der Waals surface area contributed by atoms with E-state index in [1.165, 1.54) is 6.42 Å². The monoisotopic (exact) mass is 241 g/mol. The van der Waals surface area contributed by atoms with Crippen LogP contribution >= 0.6 is 0 Å². The van der Waals surface area contributed by atoms with Crippen LogP contribution in [0.4, 0.5) is 0 Å². The molecule has 1 N–H and O–H groups in total. The molecule has 2 heteroatoms. The number of nitrogens with one attached hydrogen (secondary N) is 1. The second-order valence-electron chi connectivity index (χ2n) is 7.11. The van der Waals surface area contributed by atoms with Gasteiger partial charge in [-0.2, -0.15) is 0 Å². The second kappa shape index (κ2) is 5.27. The third-order valence-corrected chi connectivity index (χ3v) is 4.10. The highest BCUT2D eigenvalue weighted by molar-refractivity contribution is 4.93. The van der Waals surface area contributed by atoms with Gasteiger partial charge in [-0.25, -0.2) is 0 Å². The summed E-state index contributed by atoms with van der Waals surface area (Å²) in [5.74, 6) is 0. The van der Waals surface area contributed by atoms with Crippen LogP contribution in [0.1, 0.15) is 67.2 Å². The summed E-state index contributed by atoms with van der Waals surface area (Å²) in [6.07, 6.45) is 4.56. The van der Waals surface area contributed by atoms with Crippen molar-refractivity contribution in [2.45, 2.75) is 78.4 Å². The van der Waals surface area contributed by atoms with E-state index in [1.54, 1.807) is 0 Å². The van der Waals surface area contributed by atoms with E-state index in [0.29, 0.717) is 5.41 Å². The van der Waals surface area contributed by atoms with Gasteiger partial charge in [0, 0.05) is 13.1 Å². The van der Waals surface area contributed by atoms with Gasteiger partial charge in [0.05, 0.1) is 11.2 Å². The molecule has 1 aliphatic rings. The lowest BCUT2D eigenvalue weighted by Crippen LogP contribution is -2.59. The molecule has 1 fully saturated rings. The Morgan fingerprint density at radius 3 is 2.18 bits per heavy atom. The Balaban J connectivity index is 2.63. The molecule has 0 aliphatic carbocycles. The van der Waals surface area contributed by atoms with Crippen LogP contribution in [0.5, 0.6) is 0 Å². The fourth-order valence-electron chi connectivity index (χ4n) is 2.57. The van der Waals surface area contributed by atoms with Crippen LogP contribution in [0.25, 0.3) is 0 Å². The molecule has 1 heterocycles. The smallest absolute Gasteiger partial charge is 0.0809 e. The Bertz CT molecular complexity index is 240. The van der Waals surface area contributed by atoms with Crippen LogP contribution in [0.3, 0.4) is 0 Å². The average molecular weight is 241 g/mol. The Morgan fingerprint density at radius 1 is 1.12 bits per heavy atom. The van der Waals surface area contributed by atoms with Gasteiger partial charge in [0.25, 0.3) is 0 Å². The largest absolute Gasteiger partial charge is 0.366 e. The molecular weight excluding hydrogens is 210 g/mol. The molecule has 1 aliphatic heterocycles. The summed E-state index contributed by atoms with van der Waals surface area (Å²) < 4.78 is 6.49. The van der Waals surface area contributed by atoms with Crippen molar-refractivity contribution in [3.8, 4) is 0 Å². The number of morpholine rings is 1. The van der Waals surface area contributed by atoms with Crippen molar-refractivity contribution < 1.29 is 4.74 Å². The van der Waals surface area contributed by atoms with Crippen LogP contribution < -0.4 is 5.32 Å². The zero-order valence-electron chi connectivity index (χ0n) is 12.7. The quantitative estimate of drug-likeness (QED) is 0.809. The van der Waals surface area contributed by atoms with Crippen molar-refractivity contribution in [1.82, 2.24) is 5.32 Å². The van der Waals surface area contributed by atoms with E-state index in [1.807, 2.05) is 0 Å². The van der Waals surface area contributed by atoms with Crippen LogP contribution in [0.2, 0.25) is 0 Å². The van der Waals surface area contributed by atoms with E-state index in [-0.39, 0.29) is 11.2 Å². The van der Waals surface area contributed by atoms with Gasteiger partial charge in [0.1, 0.15) is 0 Å². The normalized spacial score (nSPS) is 29.3. The van der Waals surface area contributed by atoms with Gasteiger partial charge >= 0.3 is 0 Å². The van der Waals surface area contributed by atoms with Crippen molar-refractivity contribution in [2.24, 2.45) is 5.41 Å². The summed E-state index contributed by atoms with van der Waals surface area (Å²) >= 11 is 0. The fraction of sp³-hybridized carbons (Fsp3) is 1.00. The highest BCUT2D eigenvalue weighted by Crippen LogP contribution is 2.35. The Labute approximate surface area is 108 Å². The SMILES string of the molecule is CCC1(CC)CNCC(C)(CCC(C)(C)C)O1. The Morgan fingerprint density at radius 2 is 1.71 bits per heavy atom. The molecular formula is C15H31NO. The minimum atomic E-state index is 0.0115. The van der Waals surface area contributed by atoms with Gasteiger partial charge in [-0.1, -0.05) is 34.6 Å². The molecule has 0 saturated carbocycles. The average Bonchev–Trinajstić information content (AvgIpc) is 2.26. The van der Waals surface area contributed by atoms with E-state index in [9.17, 15) is 0 Å². The first-order valence-corrected chi connectivity index (χ1v) is 7.15. The van der Waals surface area contributed by atoms with Gasteiger partial charge < -0.3 is 10.1 Å². The van der Waals surface area contributed by atoms with Crippen LogP contribution in [0, 0.1) is 5.41 Å². The lowest BCUT2D eigenvalue weighted by atomic mass is 9.83. The van der Waals surface area contributed by atoms with Crippen LogP contribution in [-0.4, -0.2) is 24.3 Å². The first-order chi connectivity index (χ1) is 7.74. The summed E-state index contributed by atoms with van der Waals surface area (Å²) in [6.45, 7) is 15.7. The molecule has 0 aromatic rings. The summed E-state index contributed by atoms with van der Waals surface area (Å²) in [7, 11) is 0. The molecule has 0 bridgehead atoms. The molecule has 0 amide bonds. The van der Waals surface area contributed by atoms with Crippen molar-refractivity contribution in [2.75, 3.05) is 13.1 Å². The highest BCUT2D eigenvalue weighted by Gasteiger charge is 2.41. The summed E-state index contributed by atoms with van der Waals surface area (Å²) in [5.41, 5.74) is 0.466. The third kappa shape index (κ3) is 4.26. The molecule has 1 saturated heterocycles. The number of hydrogen-bond donors (Lipinski definition) is 1. The predicted molar refractivity (Wildman–Crippen MR) is 74.4 cm³/mol. The Kier molecular flexibility index (Phi) is 4.65. The Hall–Kier alpha value is -0.0800. The van der Waals surface area contributed by atoms with Crippen LogP contribution in [-0.2, 0) is 4.74 Å². The molecule has 0 aromatic carbocycles. The van der Waals surface area contributed by atoms with E-state index < -0.39 is 0 Å². The number of ether oxygens (including phenoxy) is 1. The molecule has 1 unspecified atom stereocenters. The maximum atomic E-state index is 6.49. The molecule has 102 valence electrons. The standard InChI is InChI=1S/C15H31NO/c1-7-15(8-2)12-16-11-14(6,17-15)10-9-13(3,4)5/h16H,7-12H2,1-6H3. The van der Waals surface area contributed by atoms with Crippen molar-refractivity contribution in [1.29, 1.82) is 0 Å². The molecule has 0 aromatic heterocycles. The summed E-state index contributed by atoms with van der Waals surface area (Å²) in [5, 5.41) is 3.58. The van der Waals surface area contributed by atoms with Crippen molar-refractivity contribution >= 4 is 0 Å². The lowest BCUT2D eigenvalue weighted by Gasteiger charge is -2.47. The molecule has 0 radical (unpaired) electrons. The van der Waals surface area contributed by atoms with Crippen molar-refractivity contribution in [3.05, 3.63) is 0 Å². The van der Waals surface area contributed by atoms with E-state index in [4.69, 9.17) is 4.74 Å². The van der Waals surface area contributed by atoms with Crippen molar-refractivity contribution in [3.63, 3.8) is 0 Å². The zero-order chi connectivity index (χ0) is 13.2. The minimum Gasteiger partial charge on any atom is -0.366 e. The summed E-state index contributed by atoms with van der Waals surface area (Å²) in [4.78, 5) is 0. The first-order valence-electron chi connectivity index (χ1n) is 7.15. The zero-order valence-corrected chi connectivity index (χ0v) is 12.7. The number of rotatable bonds is 4. The van der Waals surface area contributed by atoms with E-state index in [2.05, 4.69) is 46.9 Å². The van der Waals surface area contributed by atoms with Gasteiger partial charge in [0.2, 0.25) is 0 Å². The molecule has 1 rings (SSSR count). The first kappa shape index (κ1) is 15.0. The predicted octanol–water partition coefficient (Wildman–Crippen LogP) is 3.75. The van der Waals surface area contributed by atoms with Gasteiger partial charge in [0.15, 0.2) is 0 Å². The third-order valence-electron chi connectivity index (χ3n) is 4.10. The maximum Gasteiger partial charge on any atom is 0.0809 e. The fourth-order valence-corrected chi connectivity index (χ4v) is 2.57. The van der Waals surface area contributed by atoms with Gasteiger partial charge in [-0.05, 0) is 38.0 Å². The van der Waals surface area contributed by atoms with Gasteiger partial charge in [-0.15, -0.1) is 0 Å². The van der Waals surface area contributed by atoms with E-state index >= 15 is 0 Å². The van der Waals surface area contributed by atoms with E-state index in [0.717, 1.165) is 32.4 Å². The summed E-state index contributed by atoms with van der Waals surface area (Å²) in [6, 6.07) is 0. The molecule has 17 heavy (non-hydrogen) atoms. The molecule has 2 nitrogen and oxygen atoms in total. The second-order valence-corrected chi connectivity index (χ2v) is 7.11. The van der Waals surface area contributed by atoms with Crippen LogP contribution in [0.15, 0.2) is 0 Å². The minimum absolute atomic E-state index is 0.0115. The topological polar surface area (TPSA) is 21.3 Å². The number of hydrogen-bond acceptors (Lipinski definition) is 2.